The van der Waals surface area contributed by atoms with Crippen LogP contribution in [0.3, 0.4) is 0 Å². The molecule has 2 rings (SSSR count). The number of rotatable bonds is 4. The lowest BCUT2D eigenvalue weighted by Gasteiger charge is -2.36. The third-order valence-electron chi connectivity index (χ3n) is 4.01. The van der Waals surface area contributed by atoms with E-state index in [4.69, 9.17) is 0 Å². The Kier molecular flexibility index (Phi) is 6.12. The van der Waals surface area contributed by atoms with Crippen LogP contribution >= 0.6 is 15.9 Å². The molecule has 1 N–H and O–H groups in total. The second kappa shape index (κ2) is 7.86. The molecule has 1 aromatic carbocycles. The fraction of sp³-hybridized carbons (Fsp3) is 0.588. The van der Waals surface area contributed by atoms with E-state index in [-0.39, 0.29) is 6.03 Å². The van der Waals surface area contributed by atoms with Gasteiger partial charge in [0.1, 0.15) is 0 Å². The molecule has 0 unspecified atom stereocenters. The molecule has 2 amide bonds. The summed E-state index contributed by atoms with van der Waals surface area (Å²) in [6, 6.07) is 6.49. The van der Waals surface area contributed by atoms with E-state index in [0.29, 0.717) is 5.92 Å². The van der Waals surface area contributed by atoms with E-state index >= 15 is 0 Å². The lowest BCUT2D eigenvalue weighted by atomic mass is 10.1. The van der Waals surface area contributed by atoms with Gasteiger partial charge in [-0.3, -0.25) is 0 Å². The van der Waals surface area contributed by atoms with E-state index in [1.54, 1.807) is 0 Å². The molecule has 1 saturated heterocycles. The number of benzene rings is 1. The zero-order valence-corrected chi connectivity index (χ0v) is 15.3. The van der Waals surface area contributed by atoms with Crippen molar-refractivity contribution < 1.29 is 4.79 Å². The molecule has 1 heterocycles. The summed E-state index contributed by atoms with van der Waals surface area (Å²) in [7, 11) is 0. The fourth-order valence-electron chi connectivity index (χ4n) is 2.60. The Labute approximate surface area is 142 Å². The summed E-state index contributed by atoms with van der Waals surface area (Å²) in [5, 5.41) is 3.02. The first-order valence-electron chi connectivity index (χ1n) is 8.01. The van der Waals surface area contributed by atoms with Crippen LogP contribution in [0.15, 0.2) is 22.7 Å². The van der Waals surface area contributed by atoms with Gasteiger partial charge in [0, 0.05) is 37.2 Å². The Morgan fingerprint density at radius 1 is 1.27 bits per heavy atom. The highest BCUT2D eigenvalue weighted by atomic mass is 79.9. The number of aryl methyl sites for hydroxylation is 1. The van der Waals surface area contributed by atoms with E-state index in [2.05, 4.69) is 65.1 Å². The number of carbonyl (C=O) groups excluding carboxylic acids is 1. The SMILES string of the molecule is Cc1ccc(N2CCN(C(=O)NCCC(C)C)CC2)c(Br)c1. The highest BCUT2D eigenvalue weighted by molar-refractivity contribution is 9.10. The average molecular weight is 368 g/mol. The lowest BCUT2D eigenvalue weighted by molar-refractivity contribution is 0.194. The van der Waals surface area contributed by atoms with Crippen molar-refractivity contribution in [1.82, 2.24) is 10.2 Å². The molecule has 0 aromatic heterocycles. The number of nitrogens with zero attached hydrogens (tertiary/aromatic N) is 2. The Morgan fingerprint density at radius 2 is 1.95 bits per heavy atom. The summed E-state index contributed by atoms with van der Waals surface area (Å²) in [5.41, 5.74) is 2.46. The van der Waals surface area contributed by atoms with Crippen LogP contribution < -0.4 is 10.2 Å². The Morgan fingerprint density at radius 3 is 2.55 bits per heavy atom. The van der Waals surface area contributed by atoms with Crippen molar-refractivity contribution in [2.45, 2.75) is 27.2 Å². The van der Waals surface area contributed by atoms with E-state index in [1.165, 1.54) is 11.3 Å². The van der Waals surface area contributed by atoms with Crippen LogP contribution in [-0.4, -0.2) is 43.7 Å². The maximum atomic E-state index is 12.1. The van der Waals surface area contributed by atoms with Gasteiger partial charge in [-0.25, -0.2) is 4.79 Å². The molecule has 5 heteroatoms. The molecule has 0 atom stereocenters. The molecule has 0 aliphatic carbocycles. The smallest absolute Gasteiger partial charge is 0.317 e. The predicted octanol–water partition coefficient (Wildman–Crippen LogP) is 3.64. The summed E-state index contributed by atoms with van der Waals surface area (Å²) in [6.07, 6.45) is 1.03. The van der Waals surface area contributed by atoms with Crippen molar-refractivity contribution >= 4 is 27.6 Å². The first-order chi connectivity index (χ1) is 10.5. The van der Waals surface area contributed by atoms with Crippen molar-refractivity contribution in [2.75, 3.05) is 37.6 Å². The summed E-state index contributed by atoms with van der Waals surface area (Å²) >= 11 is 3.64. The van der Waals surface area contributed by atoms with Crippen LogP contribution in [-0.2, 0) is 0 Å². The zero-order valence-electron chi connectivity index (χ0n) is 13.7. The highest BCUT2D eigenvalue weighted by Crippen LogP contribution is 2.28. The first kappa shape index (κ1) is 17.1. The van der Waals surface area contributed by atoms with Crippen LogP contribution in [0.25, 0.3) is 0 Å². The van der Waals surface area contributed by atoms with Gasteiger partial charge in [0.05, 0.1) is 5.69 Å². The molecular weight excluding hydrogens is 342 g/mol. The molecule has 1 aliphatic heterocycles. The minimum atomic E-state index is 0.0725. The number of anilines is 1. The largest absolute Gasteiger partial charge is 0.367 e. The van der Waals surface area contributed by atoms with Crippen molar-refractivity contribution in [3.8, 4) is 0 Å². The highest BCUT2D eigenvalue weighted by Gasteiger charge is 2.22. The molecule has 1 aliphatic rings. The quantitative estimate of drug-likeness (QED) is 0.881. The van der Waals surface area contributed by atoms with E-state index in [9.17, 15) is 4.79 Å². The normalized spacial score (nSPS) is 15.3. The predicted molar refractivity (Wildman–Crippen MR) is 95.5 cm³/mol. The topological polar surface area (TPSA) is 35.6 Å². The summed E-state index contributed by atoms with van der Waals surface area (Å²) < 4.78 is 1.13. The number of urea groups is 1. The summed E-state index contributed by atoms with van der Waals surface area (Å²) in [4.78, 5) is 16.4. The minimum Gasteiger partial charge on any atom is -0.367 e. The number of carbonyl (C=O) groups is 1. The van der Waals surface area contributed by atoms with Crippen LogP contribution in [0, 0.1) is 12.8 Å². The van der Waals surface area contributed by atoms with Gasteiger partial charge < -0.3 is 15.1 Å². The van der Waals surface area contributed by atoms with E-state index in [0.717, 1.165) is 43.6 Å². The van der Waals surface area contributed by atoms with Gasteiger partial charge in [0.15, 0.2) is 0 Å². The number of nitrogens with one attached hydrogen (secondary N) is 1. The molecule has 0 radical (unpaired) electrons. The van der Waals surface area contributed by atoms with Crippen LogP contribution in [0.5, 0.6) is 0 Å². The average Bonchev–Trinajstić information content (AvgIpc) is 2.47. The number of hydrogen-bond donors (Lipinski definition) is 1. The maximum Gasteiger partial charge on any atom is 0.317 e. The molecule has 0 spiro atoms. The van der Waals surface area contributed by atoms with Crippen LogP contribution in [0.1, 0.15) is 25.8 Å². The second-order valence-electron chi connectivity index (χ2n) is 6.34. The Bertz CT molecular complexity index is 511. The molecule has 1 aromatic rings. The number of hydrogen-bond acceptors (Lipinski definition) is 2. The van der Waals surface area contributed by atoms with Crippen molar-refractivity contribution in [3.05, 3.63) is 28.2 Å². The second-order valence-corrected chi connectivity index (χ2v) is 7.20. The van der Waals surface area contributed by atoms with Crippen LogP contribution in [0.2, 0.25) is 0 Å². The summed E-state index contributed by atoms with van der Waals surface area (Å²) in [6.45, 7) is 10.5. The summed E-state index contributed by atoms with van der Waals surface area (Å²) in [5.74, 6) is 0.621. The molecule has 122 valence electrons. The number of amides is 2. The van der Waals surface area contributed by atoms with Crippen molar-refractivity contribution in [2.24, 2.45) is 5.92 Å². The maximum absolute atomic E-state index is 12.1. The van der Waals surface area contributed by atoms with Gasteiger partial charge in [0.2, 0.25) is 0 Å². The minimum absolute atomic E-state index is 0.0725. The third kappa shape index (κ3) is 4.63. The molecule has 4 nitrogen and oxygen atoms in total. The standard InChI is InChI=1S/C17H26BrN3O/c1-13(2)6-7-19-17(22)21-10-8-20(9-11-21)16-5-4-14(3)12-15(16)18/h4-5,12-13H,6-11H2,1-3H3,(H,19,22). The fourth-order valence-corrected chi connectivity index (χ4v) is 3.34. The molecule has 0 bridgehead atoms. The monoisotopic (exact) mass is 367 g/mol. The lowest BCUT2D eigenvalue weighted by Crippen LogP contribution is -2.52. The molecule has 1 fully saturated rings. The molecule has 0 saturated carbocycles. The first-order valence-corrected chi connectivity index (χ1v) is 8.80. The van der Waals surface area contributed by atoms with Crippen molar-refractivity contribution in [3.63, 3.8) is 0 Å². The van der Waals surface area contributed by atoms with Gasteiger partial charge in [-0.15, -0.1) is 0 Å². The van der Waals surface area contributed by atoms with Gasteiger partial charge in [-0.2, -0.15) is 0 Å². The number of halogens is 1. The van der Waals surface area contributed by atoms with Crippen molar-refractivity contribution in [1.29, 1.82) is 0 Å². The van der Waals surface area contributed by atoms with Crippen LogP contribution in [0.4, 0.5) is 10.5 Å². The third-order valence-corrected chi connectivity index (χ3v) is 4.64. The van der Waals surface area contributed by atoms with E-state index < -0.39 is 0 Å². The zero-order chi connectivity index (χ0) is 16.1. The number of piperazine rings is 1. The van der Waals surface area contributed by atoms with Gasteiger partial charge in [-0.1, -0.05) is 19.9 Å². The van der Waals surface area contributed by atoms with Gasteiger partial charge in [-0.05, 0) is 52.9 Å². The molecule has 22 heavy (non-hydrogen) atoms. The van der Waals surface area contributed by atoms with Gasteiger partial charge >= 0.3 is 6.03 Å². The Balaban J connectivity index is 1.83. The van der Waals surface area contributed by atoms with E-state index in [1.807, 2.05) is 4.90 Å². The molecular formula is C17H26BrN3O. The Hall–Kier alpha value is -1.23. The van der Waals surface area contributed by atoms with Gasteiger partial charge in [0.25, 0.3) is 0 Å².